The number of fused-ring (bicyclic) bond motifs is 1. The van der Waals surface area contributed by atoms with E-state index in [9.17, 15) is 4.79 Å². The van der Waals surface area contributed by atoms with Crippen LogP contribution in [0, 0.1) is 0 Å². The van der Waals surface area contributed by atoms with Gasteiger partial charge in [-0.15, -0.1) is 0 Å². The number of hydrogen-bond donors (Lipinski definition) is 1. The third-order valence-corrected chi connectivity index (χ3v) is 6.49. The van der Waals surface area contributed by atoms with Crippen molar-refractivity contribution in [1.29, 1.82) is 0 Å². The second-order valence-corrected chi connectivity index (χ2v) is 8.60. The number of H-pyrrole nitrogens is 1. The van der Waals surface area contributed by atoms with Crippen molar-refractivity contribution < 1.29 is 4.79 Å². The van der Waals surface area contributed by atoms with E-state index in [1.807, 2.05) is 18.2 Å². The monoisotopic (exact) mass is 385 g/mol. The van der Waals surface area contributed by atoms with Crippen LogP contribution in [0.15, 0.2) is 54.6 Å². The highest BCUT2D eigenvalue weighted by Crippen LogP contribution is 2.46. The molecule has 1 fully saturated rings. The lowest BCUT2D eigenvalue weighted by Crippen LogP contribution is -2.37. The van der Waals surface area contributed by atoms with Crippen LogP contribution in [-0.2, 0) is 0 Å². The molecule has 5 rings (SSSR count). The Kier molecular flexibility index (Phi) is 4.50. The molecule has 3 aromatic rings. The fourth-order valence-corrected chi connectivity index (χ4v) is 4.93. The van der Waals surface area contributed by atoms with Crippen molar-refractivity contribution in [1.82, 2.24) is 15.1 Å². The molecule has 29 heavy (non-hydrogen) atoms. The maximum Gasteiger partial charge on any atom is 0.273 e. The van der Waals surface area contributed by atoms with Crippen LogP contribution in [0.1, 0.15) is 78.7 Å². The third-order valence-electron chi connectivity index (χ3n) is 6.49. The van der Waals surface area contributed by atoms with Crippen molar-refractivity contribution in [3.8, 4) is 11.3 Å². The van der Waals surface area contributed by atoms with E-state index in [4.69, 9.17) is 0 Å². The molecule has 0 radical (unpaired) electrons. The summed E-state index contributed by atoms with van der Waals surface area (Å²) < 4.78 is 0. The molecule has 0 spiro atoms. The summed E-state index contributed by atoms with van der Waals surface area (Å²) in [7, 11) is 0. The van der Waals surface area contributed by atoms with E-state index >= 15 is 0 Å². The van der Waals surface area contributed by atoms with Gasteiger partial charge >= 0.3 is 0 Å². The first kappa shape index (κ1) is 18.2. The van der Waals surface area contributed by atoms with Crippen LogP contribution < -0.4 is 0 Å². The summed E-state index contributed by atoms with van der Waals surface area (Å²) in [5.41, 5.74) is 6.13. The van der Waals surface area contributed by atoms with E-state index in [0.29, 0.717) is 17.7 Å². The standard InChI is InChI=1S/C25H27N3O/c1-16(2)17-12-14-19(15-13-17)24-21-22(18-8-4-3-5-9-18)26-27-23(21)25(29)28(24)20-10-6-7-11-20/h3-5,8-9,12-16,20,24H,6-7,10-11H2,1-2H3,(H,26,27). The Morgan fingerprint density at radius 1 is 1.00 bits per heavy atom. The average molecular weight is 386 g/mol. The van der Waals surface area contributed by atoms with Crippen molar-refractivity contribution in [3.63, 3.8) is 0 Å². The number of nitrogens with one attached hydrogen (secondary N) is 1. The number of rotatable bonds is 4. The maximum atomic E-state index is 13.4. The van der Waals surface area contributed by atoms with Gasteiger partial charge in [0.05, 0.1) is 11.7 Å². The molecule has 148 valence electrons. The fourth-order valence-electron chi connectivity index (χ4n) is 4.93. The zero-order valence-electron chi connectivity index (χ0n) is 17.1. The van der Waals surface area contributed by atoms with E-state index < -0.39 is 0 Å². The van der Waals surface area contributed by atoms with Crippen LogP contribution in [0.4, 0.5) is 0 Å². The van der Waals surface area contributed by atoms with Crippen LogP contribution in [0.5, 0.6) is 0 Å². The summed E-state index contributed by atoms with van der Waals surface area (Å²) in [6, 6.07) is 19.2. The minimum absolute atomic E-state index is 0.0734. The first-order valence-electron chi connectivity index (χ1n) is 10.7. The quantitative estimate of drug-likeness (QED) is 0.627. The van der Waals surface area contributed by atoms with E-state index in [1.165, 1.54) is 24.0 Å². The number of amides is 1. The zero-order valence-corrected chi connectivity index (χ0v) is 17.1. The van der Waals surface area contributed by atoms with Crippen LogP contribution in [0.2, 0.25) is 0 Å². The van der Waals surface area contributed by atoms with E-state index in [-0.39, 0.29) is 11.9 Å². The molecular weight excluding hydrogens is 358 g/mol. The van der Waals surface area contributed by atoms with Gasteiger partial charge in [0, 0.05) is 17.2 Å². The Balaban J connectivity index is 1.65. The average Bonchev–Trinajstić information content (AvgIpc) is 3.46. The van der Waals surface area contributed by atoms with Crippen LogP contribution in [0.3, 0.4) is 0 Å². The maximum absolute atomic E-state index is 13.4. The topological polar surface area (TPSA) is 49.0 Å². The molecule has 2 heterocycles. The minimum Gasteiger partial charge on any atom is -0.323 e. The van der Waals surface area contributed by atoms with Crippen molar-refractivity contribution in [2.24, 2.45) is 0 Å². The lowest BCUT2D eigenvalue weighted by Gasteiger charge is -2.32. The molecule has 1 aliphatic heterocycles. The van der Waals surface area contributed by atoms with Crippen molar-refractivity contribution in [2.75, 3.05) is 0 Å². The number of benzene rings is 2. The molecule has 1 N–H and O–H groups in total. The number of carbonyl (C=O) groups excluding carboxylic acids is 1. The lowest BCUT2D eigenvalue weighted by atomic mass is 9.93. The highest BCUT2D eigenvalue weighted by atomic mass is 16.2. The van der Waals surface area contributed by atoms with Gasteiger partial charge in [-0.25, -0.2) is 0 Å². The molecule has 1 unspecified atom stereocenters. The van der Waals surface area contributed by atoms with E-state index in [1.54, 1.807) is 0 Å². The summed E-state index contributed by atoms with van der Waals surface area (Å²) in [6.45, 7) is 4.42. The Bertz CT molecular complexity index is 1010. The van der Waals surface area contributed by atoms with Gasteiger partial charge in [0.15, 0.2) is 0 Å². The molecule has 1 aliphatic carbocycles. The van der Waals surface area contributed by atoms with Gasteiger partial charge < -0.3 is 4.90 Å². The van der Waals surface area contributed by atoms with Gasteiger partial charge in [-0.1, -0.05) is 81.3 Å². The number of aromatic amines is 1. The first-order valence-corrected chi connectivity index (χ1v) is 10.7. The van der Waals surface area contributed by atoms with Gasteiger partial charge in [0.25, 0.3) is 5.91 Å². The highest BCUT2D eigenvalue weighted by molar-refractivity contribution is 6.00. The molecule has 1 amide bonds. The van der Waals surface area contributed by atoms with E-state index in [0.717, 1.165) is 29.7 Å². The SMILES string of the molecule is CC(C)c1ccc(C2c3c(-c4ccccc4)n[nH]c3C(=O)N2C2CCCC2)cc1. The summed E-state index contributed by atoms with van der Waals surface area (Å²) in [6.07, 6.45) is 4.58. The molecule has 1 atom stereocenters. The molecule has 0 saturated heterocycles. The lowest BCUT2D eigenvalue weighted by molar-refractivity contribution is 0.0660. The summed E-state index contributed by atoms with van der Waals surface area (Å²) >= 11 is 0. The first-order chi connectivity index (χ1) is 14.1. The molecule has 1 saturated carbocycles. The number of aromatic nitrogens is 2. The highest BCUT2D eigenvalue weighted by Gasteiger charge is 2.45. The Labute approximate surface area is 172 Å². The number of carbonyl (C=O) groups is 1. The Morgan fingerprint density at radius 2 is 1.69 bits per heavy atom. The number of hydrogen-bond acceptors (Lipinski definition) is 2. The van der Waals surface area contributed by atoms with Crippen LogP contribution in [0.25, 0.3) is 11.3 Å². The largest absolute Gasteiger partial charge is 0.323 e. The molecule has 4 heteroatoms. The van der Waals surface area contributed by atoms with E-state index in [2.05, 4.69) is 65.3 Å². The normalized spacial score (nSPS) is 19.3. The zero-order chi connectivity index (χ0) is 20.0. The molecule has 1 aromatic heterocycles. The second kappa shape index (κ2) is 7.18. The summed E-state index contributed by atoms with van der Waals surface area (Å²) in [5, 5.41) is 7.64. The third kappa shape index (κ3) is 2.98. The van der Waals surface area contributed by atoms with Crippen LogP contribution in [-0.4, -0.2) is 27.0 Å². The van der Waals surface area contributed by atoms with Gasteiger partial charge in [0.1, 0.15) is 5.69 Å². The van der Waals surface area contributed by atoms with Crippen LogP contribution >= 0.6 is 0 Å². The summed E-state index contributed by atoms with van der Waals surface area (Å²) in [5.74, 6) is 0.587. The van der Waals surface area contributed by atoms with Crippen molar-refractivity contribution in [3.05, 3.63) is 77.0 Å². The molecule has 4 nitrogen and oxygen atoms in total. The predicted molar refractivity (Wildman–Crippen MR) is 115 cm³/mol. The van der Waals surface area contributed by atoms with Gasteiger partial charge in [-0.3, -0.25) is 9.89 Å². The fraction of sp³-hybridized carbons (Fsp3) is 0.360. The van der Waals surface area contributed by atoms with Gasteiger partial charge in [0.2, 0.25) is 0 Å². The molecule has 0 bridgehead atoms. The van der Waals surface area contributed by atoms with Crippen molar-refractivity contribution in [2.45, 2.75) is 57.5 Å². The number of nitrogens with zero attached hydrogens (tertiary/aromatic N) is 2. The Hall–Kier alpha value is -2.88. The van der Waals surface area contributed by atoms with Gasteiger partial charge in [-0.2, -0.15) is 5.10 Å². The molecule has 2 aromatic carbocycles. The molecule has 2 aliphatic rings. The summed E-state index contributed by atoms with van der Waals surface area (Å²) in [4.78, 5) is 15.6. The Morgan fingerprint density at radius 3 is 2.34 bits per heavy atom. The minimum atomic E-state index is -0.0734. The second-order valence-electron chi connectivity index (χ2n) is 8.60. The van der Waals surface area contributed by atoms with Gasteiger partial charge in [-0.05, 0) is 29.9 Å². The predicted octanol–water partition coefficient (Wildman–Crippen LogP) is 5.69. The van der Waals surface area contributed by atoms with Crippen molar-refractivity contribution >= 4 is 5.91 Å². The molecular formula is C25H27N3O. The smallest absolute Gasteiger partial charge is 0.273 e.